The number of ether oxygens (including phenoxy) is 2. The highest BCUT2D eigenvalue weighted by Gasteiger charge is 2.15. The SMILES string of the molecule is COc1cc(NC(=O)CCSc2nc3c(cc2C#N)CCCCC3)cc(OC)c1. The van der Waals surface area contributed by atoms with Crippen LogP contribution in [0.25, 0.3) is 0 Å². The zero-order valence-electron chi connectivity index (χ0n) is 16.8. The molecule has 0 fully saturated rings. The van der Waals surface area contributed by atoms with Crippen LogP contribution in [0.5, 0.6) is 11.5 Å². The van der Waals surface area contributed by atoms with Crippen molar-refractivity contribution >= 4 is 23.4 Å². The van der Waals surface area contributed by atoms with Crippen molar-refractivity contribution in [2.75, 3.05) is 25.3 Å². The van der Waals surface area contributed by atoms with Gasteiger partial charge in [0.1, 0.15) is 22.6 Å². The monoisotopic (exact) mass is 411 g/mol. The fourth-order valence-corrected chi connectivity index (χ4v) is 4.24. The van der Waals surface area contributed by atoms with Gasteiger partial charge in [-0.15, -0.1) is 11.8 Å². The van der Waals surface area contributed by atoms with Crippen LogP contribution < -0.4 is 14.8 Å². The third kappa shape index (κ3) is 5.64. The molecule has 29 heavy (non-hydrogen) atoms. The number of nitriles is 1. The summed E-state index contributed by atoms with van der Waals surface area (Å²) >= 11 is 1.46. The van der Waals surface area contributed by atoms with Gasteiger partial charge in [0.2, 0.25) is 5.91 Å². The number of nitrogens with zero attached hydrogens (tertiary/aromatic N) is 2. The molecule has 0 unspecified atom stereocenters. The molecule has 1 N–H and O–H groups in total. The molecule has 3 rings (SSSR count). The summed E-state index contributed by atoms with van der Waals surface area (Å²) in [4.78, 5) is 17.1. The third-order valence-corrected chi connectivity index (χ3v) is 5.83. The molecule has 1 aromatic heterocycles. The number of aromatic nitrogens is 1. The van der Waals surface area contributed by atoms with E-state index in [1.807, 2.05) is 6.07 Å². The number of carbonyl (C=O) groups excluding carboxylic acids is 1. The van der Waals surface area contributed by atoms with E-state index in [0.29, 0.717) is 34.9 Å². The molecule has 0 saturated carbocycles. The lowest BCUT2D eigenvalue weighted by Gasteiger charge is -2.11. The second-order valence-electron chi connectivity index (χ2n) is 6.87. The number of amides is 1. The minimum Gasteiger partial charge on any atom is -0.497 e. The summed E-state index contributed by atoms with van der Waals surface area (Å²) in [5.74, 6) is 1.66. The molecule has 0 saturated heterocycles. The van der Waals surface area contributed by atoms with Crippen LogP contribution in [0.2, 0.25) is 0 Å². The minimum atomic E-state index is -0.110. The first-order chi connectivity index (χ1) is 14.1. The lowest BCUT2D eigenvalue weighted by atomic mass is 10.1. The fraction of sp³-hybridized carbons (Fsp3) is 0.409. The molecular weight excluding hydrogens is 386 g/mol. The van der Waals surface area contributed by atoms with Crippen LogP contribution in [0.3, 0.4) is 0 Å². The highest BCUT2D eigenvalue weighted by molar-refractivity contribution is 7.99. The molecule has 0 bridgehead atoms. The van der Waals surface area contributed by atoms with E-state index >= 15 is 0 Å². The molecule has 152 valence electrons. The number of rotatable bonds is 7. The number of methoxy groups -OCH3 is 2. The largest absolute Gasteiger partial charge is 0.497 e. The van der Waals surface area contributed by atoms with Crippen molar-refractivity contribution in [1.29, 1.82) is 5.26 Å². The van der Waals surface area contributed by atoms with Gasteiger partial charge in [-0.05, 0) is 37.3 Å². The van der Waals surface area contributed by atoms with E-state index in [0.717, 1.165) is 36.4 Å². The minimum absolute atomic E-state index is 0.110. The van der Waals surface area contributed by atoms with Gasteiger partial charge in [0.05, 0.1) is 19.8 Å². The third-order valence-electron chi connectivity index (χ3n) is 4.84. The Morgan fingerprint density at radius 3 is 2.55 bits per heavy atom. The van der Waals surface area contributed by atoms with Gasteiger partial charge < -0.3 is 14.8 Å². The highest BCUT2D eigenvalue weighted by Crippen LogP contribution is 2.28. The first-order valence-electron chi connectivity index (χ1n) is 9.71. The van der Waals surface area contributed by atoms with E-state index in [-0.39, 0.29) is 5.91 Å². The van der Waals surface area contributed by atoms with E-state index in [1.165, 1.54) is 23.7 Å². The summed E-state index contributed by atoms with van der Waals surface area (Å²) in [6.45, 7) is 0. The molecule has 0 atom stereocenters. The molecule has 1 amide bonds. The molecular formula is C22H25N3O3S. The Bertz CT molecular complexity index is 902. The number of thioether (sulfide) groups is 1. The average molecular weight is 412 g/mol. The van der Waals surface area contributed by atoms with Crippen molar-refractivity contribution < 1.29 is 14.3 Å². The number of carbonyl (C=O) groups is 1. The Morgan fingerprint density at radius 2 is 1.86 bits per heavy atom. The van der Waals surface area contributed by atoms with Gasteiger partial charge in [0, 0.05) is 41.8 Å². The van der Waals surface area contributed by atoms with Crippen LogP contribution >= 0.6 is 11.8 Å². The number of benzene rings is 1. The van der Waals surface area contributed by atoms with Gasteiger partial charge in [0.15, 0.2) is 0 Å². The average Bonchev–Trinajstić information content (AvgIpc) is 2.97. The van der Waals surface area contributed by atoms with Gasteiger partial charge in [-0.1, -0.05) is 6.42 Å². The molecule has 2 aromatic rings. The lowest BCUT2D eigenvalue weighted by molar-refractivity contribution is -0.115. The quantitative estimate of drug-likeness (QED) is 0.538. The van der Waals surface area contributed by atoms with E-state index < -0.39 is 0 Å². The summed E-state index contributed by atoms with van der Waals surface area (Å²) in [6.07, 6.45) is 5.77. The van der Waals surface area contributed by atoms with Gasteiger partial charge in [0.25, 0.3) is 0 Å². The first kappa shape index (κ1) is 21.0. The van der Waals surface area contributed by atoms with Gasteiger partial charge in [-0.3, -0.25) is 4.79 Å². The van der Waals surface area contributed by atoms with Crippen LogP contribution in [0, 0.1) is 11.3 Å². The molecule has 0 aliphatic heterocycles. The predicted octanol–water partition coefficient (Wildman–Crippen LogP) is 4.36. The number of nitrogens with one attached hydrogen (secondary N) is 1. The zero-order chi connectivity index (χ0) is 20.6. The lowest BCUT2D eigenvalue weighted by Crippen LogP contribution is -2.12. The Hall–Kier alpha value is -2.72. The molecule has 1 heterocycles. The maximum absolute atomic E-state index is 12.3. The number of aryl methyl sites for hydroxylation is 2. The summed E-state index contributed by atoms with van der Waals surface area (Å²) in [6, 6.07) is 9.48. The van der Waals surface area contributed by atoms with Crippen LogP contribution in [-0.4, -0.2) is 30.9 Å². The summed E-state index contributed by atoms with van der Waals surface area (Å²) in [5.41, 5.74) is 3.54. The van der Waals surface area contributed by atoms with E-state index in [2.05, 4.69) is 11.4 Å². The van der Waals surface area contributed by atoms with Crippen molar-refractivity contribution in [2.24, 2.45) is 0 Å². The number of hydrogen-bond donors (Lipinski definition) is 1. The Labute approximate surface area is 175 Å². The number of hydrogen-bond acceptors (Lipinski definition) is 6. The molecule has 1 aromatic carbocycles. The standard InChI is InChI=1S/C22H25N3O3S/c1-27-18-11-17(12-19(13-18)28-2)24-21(26)8-9-29-22-16(14-23)10-15-6-4-3-5-7-20(15)25-22/h10-13H,3-9H2,1-2H3,(H,24,26). The van der Waals surface area contributed by atoms with Gasteiger partial charge in [-0.2, -0.15) is 5.26 Å². The van der Waals surface area contributed by atoms with Gasteiger partial charge >= 0.3 is 0 Å². The Kier molecular flexibility index (Phi) is 7.36. The topological polar surface area (TPSA) is 84.2 Å². The van der Waals surface area contributed by atoms with Crippen molar-refractivity contribution in [3.8, 4) is 17.6 Å². The zero-order valence-corrected chi connectivity index (χ0v) is 17.6. The summed E-state index contributed by atoms with van der Waals surface area (Å²) in [7, 11) is 3.13. The maximum atomic E-state index is 12.3. The fourth-order valence-electron chi connectivity index (χ4n) is 3.33. The predicted molar refractivity (Wildman–Crippen MR) is 114 cm³/mol. The Morgan fingerprint density at radius 1 is 1.14 bits per heavy atom. The maximum Gasteiger partial charge on any atom is 0.225 e. The van der Waals surface area contributed by atoms with Crippen LogP contribution in [-0.2, 0) is 17.6 Å². The molecule has 1 aliphatic rings. The normalized spacial score (nSPS) is 13.0. The number of fused-ring (bicyclic) bond motifs is 1. The number of pyridine rings is 1. The molecule has 1 aliphatic carbocycles. The smallest absolute Gasteiger partial charge is 0.225 e. The molecule has 7 heteroatoms. The van der Waals surface area contributed by atoms with Crippen LogP contribution in [0.4, 0.5) is 5.69 Å². The van der Waals surface area contributed by atoms with Crippen molar-refractivity contribution in [1.82, 2.24) is 4.98 Å². The number of anilines is 1. The second kappa shape index (κ2) is 10.2. The molecule has 6 nitrogen and oxygen atoms in total. The van der Waals surface area contributed by atoms with Crippen molar-refractivity contribution in [2.45, 2.75) is 43.6 Å². The molecule has 0 radical (unpaired) electrons. The van der Waals surface area contributed by atoms with E-state index in [9.17, 15) is 10.1 Å². The van der Waals surface area contributed by atoms with Crippen LogP contribution in [0.15, 0.2) is 29.3 Å². The second-order valence-corrected chi connectivity index (χ2v) is 7.95. The first-order valence-corrected chi connectivity index (χ1v) is 10.7. The van der Waals surface area contributed by atoms with E-state index in [4.69, 9.17) is 14.5 Å². The Balaban J connectivity index is 1.60. The van der Waals surface area contributed by atoms with Crippen LogP contribution in [0.1, 0.15) is 42.5 Å². The molecule has 0 spiro atoms. The van der Waals surface area contributed by atoms with Crippen molar-refractivity contribution in [3.05, 3.63) is 41.1 Å². The van der Waals surface area contributed by atoms with Crippen molar-refractivity contribution in [3.63, 3.8) is 0 Å². The highest BCUT2D eigenvalue weighted by atomic mass is 32.2. The van der Waals surface area contributed by atoms with E-state index in [1.54, 1.807) is 32.4 Å². The van der Waals surface area contributed by atoms with Gasteiger partial charge in [-0.25, -0.2) is 4.98 Å². The summed E-state index contributed by atoms with van der Waals surface area (Å²) in [5, 5.41) is 13.1. The summed E-state index contributed by atoms with van der Waals surface area (Å²) < 4.78 is 10.4.